The highest BCUT2D eigenvalue weighted by atomic mass is 79.9. The first-order valence-electron chi connectivity index (χ1n) is 8.27. The molecule has 3 amide bonds. The molecule has 7 heteroatoms. The highest BCUT2D eigenvalue weighted by Gasteiger charge is 2.59. The first-order chi connectivity index (χ1) is 12.4. The number of carbonyl (C=O) groups is 2. The molecule has 2 fully saturated rings. The van der Waals surface area contributed by atoms with Crippen molar-refractivity contribution in [2.45, 2.75) is 24.8 Å². The summed E-state index contributed by atoms with van der Waals surface area (Å²) in [5, 5.41) is 0.782. The molecule has 0 spiro atoms. The zero-order valence-corrected chi connectivity index (χ0v) is 16.8. The van der Waals surface area contributed by atoms with Crippen LogP contribution in [0.3, 0.4) is 0 Å². The van der Waals surface area contributed by atoms with E-state index in [-0.39, 0.29) is 11.9 Å². The highest BCUT2D eigenvalue weighted by Crippen LogP contribution is 2.43. The van der Waals surface area contributed by atoms with Crippen LogP contribution in [-0.4, -0.2) is 28.9 Å². The summed E-state index contributed by atoms with van der Waals surface area (Å²) in [6.07, 6.45) is 1.96. The van der Waals surface area contributed by atoms with Gasteiger partial charge in [0.05, 0.1) is 5.69 Å². The van der Waals surface area contributed by atoms with E-state index in [1.54, 1.807) is 23.1 Å². The third kappa shape index (κ3) is 2.82. The topological polar surface area (TPSA) is 40.6 Å². The molecule has 26 heavy (non-hydrogen) atoms. The lowest BCUT2D eigenvalue weighted by molar-refractivity contribution is -0.123. The number of amides is 3. The SMILES string of the molecule is O=C1N(c2cc(Cl)cc(Cl)c2)C(=O)C2(Cc3ccc(Br)cc3)CCCN12. The zero-order valence-electron chi connectivity index (χ0n) is 13.7. The number of rotatable bonds is 3. The first kappa shape index (κ1) is 17.8. The van der Waals surface area contributed by atoms with Crippen molar-refractivity contribution >= 4 is 56.8 Å². The molecular weight excluding hydrogens is 439 g/mol. The maximum Gasteiger partial charge on any atom is 0.332 e. The van der Waals surface area contributed by atoms with E-state index in [1.807, 2.05) is 24.3 Å². The van der Waals surface area contributed by atoms with Crippen molar-refractivity contribution in [1.29, 1.82) is 0 Å². The van der Waals surface area contributed by atoms with Crippen molar-refractivity contribution in [3.8, 4) is 0 Å². The average Bonchev–Trinajstić information content (AvgIpc) is 3.08. The van der Waals surface area contributed by atoms with E-state index in [9.17, 15) is 9.59 Å². The molecule has 134 valence electrons. The number of urea groups is 1. The second-order valence-corrected chi connectivity index (χ2v) is 8.43. The third-order valence-electron chi connectivity index (χ3n) is 5.03. The summed E-state index contributed by atoms with van der Waals surface area (Å²) in [4.78, 5) is 29.3. The quantitative estimate of drug-likeness (QED) is 0.591. The Hall–Kier alpha value is -1.56. The molecule has 0 bridgehead atoms. The van der Waals surface area contributed by atoms with Crippen LogP contribution in [0.4, 0.5) is 10.5 Å². The number of carbonyl (C=O) groups excluding carboxylic acids is 2. The fourth-order valence-corrected chi connectivity index (χ4v) is 4.67. The van der Waals surface area contributed by atoms with Crippen LogP contribution in [0.15, 0.2) is 46.9 Å². The van der Waals surface area contributed by atoms with Crippen LogP contribution in [-0.2, 0) is 11.2 Å². The Kier molecular flexibility index (Phi) is 4.49. The lowest BCUT2D eigenvalue weighted by Crippen LogP contribution is -2.47. The van der Waals surface area contributed by atoms with E-state index in [0.29, 0.717) is 35.1 Å². The third-order valence-corrected chi connectivity index (χ3v) is 5.99. The molecule has 4 nitrogen and oxygen atoms in total. The van der Waals surface area contributed by atoms with Crippen molar-refractivity contribution in [1.82, 2.24) is 4.90 Å². The Morgan fingerprint density at radius 3 is 2.35 bits per heavy atom. The molecule has 0 aliphatic carbocycles. The Labute approximate surface area is 169 Å². The number of nitrogens with zero attached hydrogens (tertiary/aromatic N) is 2. The minimum atomic E-state index is -0.834. The number of anilines is 1. The van der Waals surface area contributed by atoms with Crippen LogP contribution in [0.2, 0.25) is 10.0 Å². The number of hydrogen-bond acceptors (Lipinski definition) is 2. The van der Waals surface area contributed by atoms with Crippen LogP contribution in [0.1, 0.15) is 18.4 Å². The average molecular weight is 454 g/mol. The van der Waals surface area contributed by atoms with Gasteiger partial charge in [0.25, 0.3) is 5.91 Å². The fourth-order valence-electron chi connectivity index (χ4n) is 3.89. The van der Waals surface area contributed by atoms with E-state index < -0.39 is 5.54 Å². The molecule has 0 radical (unpaired) electrons. The Morgan fingerprint density at radius 1 is 1.04 bits per heavy atom. The van der Waals surface area contributed by atoms with Gasteiger partial charge >= 0.3 is 6.03 Å². The van der Waals surface area contributed by atoms with Crippen LogP contribution in [0.25, 0.3) is 0 Å². The van der Waals surface area contributed by atoms with E-state index in [1.165, 1.54) is 4.90 Å². The zero-order chi connectivity index (χ0) is 18.5. The summed E-state index contributed by atoms with van der Waals surface area (Å²) in [5.74, 6) is -0.207. The van der Waals surface area contributed by atoms with Crippen molar-refractivity contribution < 1.29 is 9.59 Å². The Bertz CT molecular complexity index is 883. The van der Waals surface area contributed by atoms with Gasteiger partial charge in [-0.25, -0.2) is 9.69 Å². The van der Waals surface area contributed by atoms with Crippen LogP contribution < -0.4 is 4.90 Å². The van der Waals surface area contributed by atoms with E-state index in [2.05, 4.69) is 15.9 Å². The normalized spacial score (nSPS) is 22.3. The summed E-state index contributed by atoms with van der Waals surface area (Å²) in [6.45, 7) is 0.575. The predicted octanol–water partition coefficient (Wildman–Crippen LogP) is 5.30. The molecule has 2 aromatic rings. The van der Waals surface area contributed by atoms with Gasteiger partial charge in [0.15, 0.2) is 0 Å². The highest BCUT2D eigenvalue weighted by molar-refractivity contribution is 9.10. The monoisotopic (exact) mass is 452 g/mol. The maximum atomic E-state index is 13.4. The Morgan fingerprint density at radius 2 is 1.69 bits per heavy atom. The second kappa shape index (κ2) is 6.55. The molecule has 0 N–H and O–H groups in total. The molecule has 0 saturated carbocycles. The van der Waals surface area contributed by atoms with Crippen LogP contribution in [0, 0.1) is 0 Å². The molecule has 2 aliphatic rings. The van der Waals surface area contributed by atoms with E-state index in [4.69, 9.17) is 23.2 Å². The largest absolute Gasteiger partial charge is 0.332 e. The molecular formula is C19H15BrCl2N2O2. The number of benzene rings is 2. The number of hydrogen-bond donors (Lipinski definition) is 0. The Balaban J connectivity index is 1.74. The molecule has 2 aliphatic heterocycles. The summed E-state index contributed by atoms with van der Waals surface area (Å²) < 4.78 is 0.978. The van der Waals surface area contributed by atoms with Crippen LogP contribution >= 0.6 is 39.1 Å². The minimum absolute atomic E-state index is 0.207. The van der Waals surface area contributed by atoms with Crippen molar-refractivity contribution in [2.24, 2.45) is 0 Å². The summed E-state index contributed by atoms with van der Waals surface area (Å²) in [6, 6.07) is 12.3. The molecule has 4 rings (SSSR count). The number of fused-ring (bicyclic) bond motifs is 1. The molecule has 0 aromatic heterocycles. The van der Waals surface area contributed by atoms with Gasteiger partial charge < -0.3 is 4.90 Å². The lowest BCUT2D eigenvalue weighted by Gasteiger charge is -2.28. The van der Waals surface area contributed by atoms with Gasteiger partial charge in [-0.3, -0.25) is 4.79 Å². The van der Waals surface area contributed by atoms with Crippen molar-refractivity contribution in [2.75, 3.05) is 11.4 Å². The summed E-state index contributed by atoms with van der Waals surface area (Å²) in [5.41, 5.74) is 0.606. The second-order valence-electron chi connectivity index (χ2n) is 6.64. The molecule has 1 atom stereocenters. The van der Waals surface area contributed by atoms with Gasteiger partial charge in [-0.05, 0) is 48.7 Å². The van der Waals surface area contributed by atoms with Gasteiger partial charge in [0.2, 0.25) is 0 Å². The van der Waals surface area contributed by atoms with Crippen LogP contribution in [0.5, 0.6) is 0 Å². The number of halogens is 3. The van der Waals surface area contributed by atoms with Crippen molar-refractivity contribution in [3.05, 3.63) is 62.5 Å². The lowest BCUT2D eigenvalue weighted by atomic mass is 9.88. The maximum absolute atomic E-state index is 13.4. The fraction of sp³-hybridized carbons (Fsp3) is 0.263. The predicted molar refractivity (Wildman–Crippen MR) is 106 cm³/mol. The summed E-state index contributed by atoms with van der Waals surface area (Å²) >= 11 is 15.6. The van der Waals surface area contributed by atoms with E-state index in [0.717, 1.165) is 16.5 Å². The van der Waals surface area contributed by atoms with Crippen molar-refractivity contribution in [3.63, 3.8) is 0 Å². The molecule has 2 saturated heterocycles. The summed E-state index contributed by atoms with van der Waals surface area (Å²) in [7, 11) is 0. The molecule has 1 unspecified atom stereocenters. The van der Waals surface area contributed by atoms with Gasteiger partial charge in [-0.15, -0.1) is 0 Å². The van der Waals surface area contributed by atoms with Gasteiger partial charge in [0, 0.05) is 27.5 Å². The van der Waals surface area contributed by atoms with Gasteiger partial charge in [-0.2, -0.15) is 0 Å². The number of imide groups is 1. The first-order valence-corrected chi connectivity index (χ1v) is 9.82. The smallest absolute Gasteiger partial charge is 0.309 e. The minimum Gasteiger partial charge on any atom is -0.309 e. The standard InChI is InChI=1S/C19H15BrCl2N2O2/c20-13-4-2-12(3-5-13)11-19-6-1-7-23(19)18(26)24(17(19)25)16-9-14(21)8-15(22)10-16/h2-5,8-10H,1,6-7,11H2. The van der Waals surface area contributed by atoms with E-state index >= 15 is 0 Å². The molecule has 2 aromatic carbocycles. The van der Waals surface area contributed by atoms with Gasteiger partial charge in [0.1, 0.15) is 5.54 Å². The van der Waals surface area contributed by atoms with Gasteiger partial charge in [-0.1, -0.05) is 51.3 Å². The molecule has 2 heterocycles.